The first-order chi connectivity index (χ1) is 12.2. The quantitative estimate of drug-likeness (QED) is 0.900. The second-order valence-electron chi connectivity index (χ2n) is 7.17. The lowest BCUT2D eigenvalue weighted by Crippen LogP contribution is -2.64. The average Bonchev–Trinajstić information content (AvgIpc) is 2.66. The number of carboxylic acid groups (broad SMARTS) is 1. The van der Waals surface area contributed by atoms with Crippen LogP contribution in [-0.4, -0.2) is 46.3 Å². The van der Waals surface area contributed by atoms with E-state index in [1.54, 1.807) is 0 Å². The highest BCUT2D eigenvalue weighted by molar-refractivity contribution is 5.71. The highest BCUT2D eigenvalue weighted by Crippen LogP contribution is 2.44. The fourth-order valence-electron chi connectivity index (χ4n) is 4.72. The summed E-state index contributed by atoms with van der Waals surface area (Å²) in [5, 5.41) is 20.6. The number of aliphatic hydroxyl groups is 1. The first-order valence-electron chi connectivity index (χ1n) is 8.91. The zero-order valence-electron chi connectivity index (χ0n) is 14.0. The molecule has 0 radical (unpaired) electrons. The van der Waals surface area contributed by atoms with Gasteiger partial charge in [0.15, 0.2) is 0 Å². The van der Waals surface area contributed by atoms with Crippen LogP contribution in [0.2, 0.25) is 0 Å². The highest BCUT2D eigenvalue weighted by Gasteiger charge is 2.52. The Kier molecular flexibility index (Phi) is 4.32. The maximum absolute atomic E-state index is 11.6. The molecule has 25 heavy (non-hydrogen) atoms. The summed E-state index contributed by atoms with van der Waals surface area (Å²) in [6.07, 6.45) is 0.124. The van der Waals surface area contributed by atoms with Crippen molar-refractivity contribution in [2.75, 3.05) is 13.1 Å². The molecule has 2 aromatic rings. The van der Waals surface area contributed by atoms with Gasteiger partial charge in [0, 0.05) is 24.4 Å². The van der Waals surface area contributed by atoms with E-state index in [1.807, 2.05) is 36.4 Å². The van der Waals surface area contributed by atoms with Gasteiger partial charge in [0.25, 0.3) is 0 Å². The number of hydrogen-bond donors (Lipinski definition) is 2. The molecule has 0 saturated carbocycles. The van der Waals surface area contributed by atoms with Crippen molar-refractivity contribution in [2.24, 2.45) is 11.8 Å². The van der Waals surface area contributed by atoms with Gasteiger partial charge in [-0.3, -0.25) is 9.69 Å². The minimum absolute atomic E-state index is 0.0370. The van der Waals surface area contributed by atoms with Crippen molar-refractivity contribution in [3.05, 3.63) is 71.8 Å². The van der Waals surface area contributed by atoms with Crippen LogP contribution in [-0.2, 0) is 4.79 Å². The van der Waals surface area contributed by atoms with Crippen LogP contribution >= 0.6 is 0 Å². The number of fused-ring (bicyclic) bond motifs is 3. The number of rotatable bonds is 4. The van der Waals surface area contributed by atoms with E-state index in [-0.39, 0.29) is 17.9 Å². The van der Waals surface area contributed by atoms with E-state index in [0.717, 1.165) is 24.1 Å². The van der Waals surface area contributed by atoms with E-state index in [4.69, 9.17) is 0 Å². The van der Waals surface area contributed by atoms with Crippen LogP contribution in [0.25, 0.3) is 0 Å². The van der Waals surface area contributed by atoms with Crippen LogP contribution in [0.3, 0.4) is 0 Å². The zero-order chi connectivity index (χ0) is 17.4. The molecule has 5 rings (SSSR count). The predicted molar refractivity (Wildman–Crippen MR) is 95.3 cm³/mol. The van der Waals surface area contributed by atoms with Crippen LogP contribution in [0, 0.1) is 11.8 Å². The maximum Gasteiger partial charge on any atom is 0.308 e. The van der Waals surface area contributed by atoms with Gasteiger partial charge in [0.1, 0.15) is 0 Å². The van der Waals surface area contributed by atoms with E-state index in [2.05, 4.69) is 29.2 Å². The van der Waals surface area contributed by atoms with E-state index in [9.17, 15) is 15.0 Å². The summed E-state index contributed by atoms with van der Waals surface area (Å²) >= 11 is 0. The normalized spacial score (nSPS) is 31.2. The van der Waals surface area contributed by atoms with Crippen LogP contribution in [0.1, 0.15) is 23.5 Å². The third kappa shape index (κ3) is 2.86. The second kappa shape index (κ2) is 6.62. The number of benzene rings is 2. The highest BCUT2D eigenvalue weighted by atomic mass is 16.4. The molecule has 4 nitrogen and oxygen atoms in total. The van der Waals surface area contributed by atoms with Crippen molar-refractivity contribution < 1.29 is 15.0 Å². The summed E-state index contributed by atoms with van der Waals surface area (Å²) < 4.78 is 0. The Hall–Kier alpha value is -2.17. The van der Waals surface area contributed by atoms with E-state index in [1.165, 1.54) is 0 Å². The summed E-state index contributed by atoms with van der Waals surface area (Å²) in [5.74, 6) is -1.38. The number of hydrogen-bond acceptors (Lipinski definition) is 3. The standard InChI is InChI=1S/C21H23NO3/c23-20-16-11-12-22(13-17(16)21(24)25)19(20)18(14-7-3-1-4-8-14)15-9-5-2-6-10-15/h1-10,16-20,23H,11-13H2,(H,24,25). The number of nitrogens with zero attached hydrogens (tertiary/aromatic N) is 1. The molecule has 3 aliphatic heterocycles. The van der Waals surface area contributed by atoms with Gasteiger partial charge in [0.05, 0.1) is 12.0 Å². The summed E-state index contributed by atoms with van der Waals surface area (Å²) in [6.45, 7) is 1.38. The lowest BCUT2D eigenvalue weighted by atomic mass is 9.68. The number of carbonyl (C=O) groups is 1. The third-order valence-corrected chi connectivity index (χ3v) is 5.88. The van der Waals surface area contributed by atoms with E-state index < -0.39 is 18.0 Å². The van der Waals surface area contributed by atoms with Gasteiger partial charge >= 0.3 is 5.97 Å². The van der Waals surface area contributed by atoms with Crippen molar-refractivity contribution in [3.8, 4) is 0 Å². The molecule has 0 amide bonds. The lowest BCUT2D eigenvalue weighted by Gasteiger charge is -2.54. The molecule has 0 aliphatic carbocycles. The van der Waals surface area contributed by atoms with E-state index in [0.29, 0.717) is 6.54 Å². The van der Waals surface area contributed by atoms with Crippen LogP contribution < -0.4 is 0 Å². The largest absolute Gasteiger partial charge is 0.481 e. The average molecular weight is 337 g/mol. The molecule has 2 N–H and O–H groups in total. The molecule has 0 spiro atoms. The van der Waals surface area contributed by atoms with Crippen molar-refractivity contribution in [3.63, 3.8) is 0 Å². The van der Waals surface area contributed by atoms with Gasteiger partial charge in [0.2, 0.25) is 0 Å². The molecule has 5 unspecified atom stereocenters. The van der Waals surface area contributed by atoms with Crippen molar-refractivity contribution in [1.29, 1.82) is 0 Å². The molecule has 3 fully saturated rings. The fourth-order valence-corrected chi connectivity index (χ4v) is 4.72. The summed E-state index contributed by atoms with van der Waals surface area (Å²) in [7, 11) is 0. The summed E-state index contributed by atoms with van der Waals surface area (Å²) in [5.41, 5.74) is 2.33. The van der Waals surface area contributed by atoms with Crippen molar-refractivity contribution in [1.82, 2.24) is 4.90 Å². The first kappa shape index (κ1) is 16.3. The maximum atomic E-state index is 11.6. The molecule has 3 aliphatic rings. The molecule has 130 valence electrons. The number of carboxylic acids is 1. The molecular weight excluding hydrogens is 314 g/mol. The summed E-state index contributed by atoms with van der Waals surface area (Å²) in [4.78, 5) is 13.8. The van der Waals surface area contributed by atoms with Gasteiger partial charge < -0.3 is 10.2 Å². The van der Waals surface area contributed by atoms with Gasteiger partial charge in [-0.05, 0) is 24.1 Å². The minimum atomic E-state index is -0.789. The van der Waals surface area contributed by atoms with Crippen molar-refractivity contribution in [2.45, 2.75) is 24.5 Å². The topological polar surface area (TPSA) is 60.8 Å². The molecule has 3 heterocycles. The lowest BCUT2D eigenvalue weighted by molar-refractivity contribution is -0.162. The number of piperidine rings is 3. The van der Waals surface area contributed by atoms with E-state index >= 15 is 0 Å². The van der Waals surface area contributed by atoms with Crippen LogP contribution in [0.4, 0.5) is 0 Å². The molecule has 3 saturated heterocycles. The van der Waals surface area contributed by atoms with Crippen molar-refractivity contribution >= 4 is 5.97 Å². The Balaban J connectivity index is 1.75. The Morgan fingerprint density at radius 3 is 2.04 bits per heavy atom. The predicted octanol–water partition coefficient (Wildman–Crippen LogP) is 2.58. The van der Waals surface area contributed by atoms with Gasteiger partial charge in [-0.1, -0.05) is 60.7 Å². The Labute approximate surface area is 147 Å². The van der Waals surface area contributed by atoms with Gasteiger partial charge in [-0.25, -0.2) is 0 Å². The molecule has 5 atom stereocenters. The molecule has 2 bridgehead atoms. The fraction of sp³-hybridized carbons (Fsp3) is 0.381. The Morgan fingerprint density at radius 2 is 1.56 bits per heavy atom. The number of aliphatic hydroxyl groups excluding tert-OH is 1. The smallest absolute Gasteiger partial charge is 0.308 e. The molecule has 4 heteroatoms. The second-order valence-corrected chi connectivity index (χ2v) is 7.17. The van der Waals surface area contributed by atoms with Gasteiger partial charge in [-0.2, -0.15) is 0 Å². The SMILES string of the molecule is O=C(O)C1CN2CCC1C(O)C2C(c1ccccc1)c1ccccc1. The van der Waals surface area contributed by atoms with Crippen LogP contribution in [0.15, 0.2) is 60.7 Å². The Bertz CT molecular complexity index is 692. The van der Waals surface area contributed by atoms with Crippen LogP contribution in [0.5, 0.6) is 0 Å². The summed E-state index contributed by atoms with van der Waals surface area (Å²) in [6, 6.07) is 20.4. The Morgan fingerprint density at radius 1 is 1.00 bits per heavy atom. The monoisotopic (exact) mass is 337 g/mol. The van der Waals surface area contributed by atoms with Gasteiger partial charge in [-0.15, -0.1) is 0 Å². The molecule has 0 aromatic heterocycles. The number of aliphatic carboxylic acids is 1. The third-order valence-electron chi connectivity index (χ3n) is 5.88. The molecular formula is C21H23NO3. The first-order valence-corrected chi connectivity index (χ1v) is 8.91. The zero-order valence-corrected chi connectivity index (χ0v) is 14.0. The molecule has 2 aromatic carbocycles. The minimum Gasteiger partial charge on any atom is -0.481 e.